The van der Waals surface area contributed by atoms with Gasteiger partial charge in [-0.2, -0.15) is 0 Å². The normalized spacial score (nSPS) is 17.1. The third-order valence-electron chi connectivity index (χ3n) is 33.2. The highest BCUT2D eigenvalue weighted by atomic mass is 32.1. The molecule has 144 heavy (non-hydrogen) atoms. The van der Waals surface area contributed by atoms with Crippen molar-refractivity contribution in [3.8, 4) is 0 Å². The summed E-state index contributed by atoms with van der Waals surface area (Å²) in [7, 11) is 6.45. The number of benzene rings is 6. The summed E-state index contributed by atoms with van der Waals surface area (Å²) in [5.74, 6) is 0. The summed E-state index contributed by atoms with van der Waals surface area (Å²) in [5, 5.41) is 6.74. The van der Waals surface area contributed by atoms with E-state index in [0.29, 0.717) is 0 Å². The summed E-state index contributed by atoms with van der Waals surface area (Å²) in [6.07, 6.45) is 46.9. The number of hydrogen-bond donors (Lipinski definition) is 2. The van der Waals surface area contributed by atoms with Crippen LogP contribution in [0.15, 0.2) is 245 Å². The summed E-state index contributed by atoms with van der Waals surface area (Å²) in [6.45, 7) is 73.5. The van der Waals surface area contributed by atoms with Crippen LogP contribution in [0.4, 0.5) is 0 Å². The minimum Gasteiger partial charge on any atom is -0.358 e. The van der Waals surface area contributed by atoms with Gasteiger partial charge in [-0.05, 0) is 543 Å². The number of fused-ring (bicyclic) bond motifs is 6. The van der Waals surface area contributed by atoms with E-state index in [9.17, 15) is 0 Å². The fourth-order valence-corrected chi connectivity index (χ4v) is 22.2. The molecule has 0 saturated carbocycles. The topological polar surface area (TPSA) is 55.9 Å². The number of nitrogens with zero attached hydrogens (tertiary/aromatic N) is 4. The molecule has 786 valence electrons. The van der Waals surface area contributed by atoms with E-state index in [1.807, 2.05) is 22.7 Å². The number of aromatic nitrogens is 4. The molecule has 0 atom stereocenters. The zero-order valence-corrected chi connectivity index (χ0v) is 99.6. The van der Waals surface area contributed by atoms with Crippen LogP contribution in [0.3, 0.4) is 0 Å². The van der Waals surface area contributed by atoms with E-state index in [4.69, 9.17) is 0 Å². The van der Waals surface area contributed by atoms with E-state index in [2.05, 4.69) is 392 Å². The number of H-pyrrole nitrogens is 2. The maximum Gasteiger partial charge on any atom is 0.0931 e. The molecule has 0 saturated heterocycles. The molecule has 22 rings (SSSR count). The molecule has 9 aliphatic carbocycles. The number of rotatable bonds is 0. The molecule has 6 nitrogen and oxygen atoms in total. The highest BCUT2D eigenvalue weighted by Gasteiger charge is 2.18. The van der Waals surface area contributed by atoms with E-state index in [1.165, 1.54) is 335 Å². The van der Waals surface area contributed by atoms with Gasteiger partial charge in [0.15, 0.2) is 0 Å². The van der Waals surface area contributed by atoms with Crippen molar-refractivity contribution < 1.29 is 0 Å². The van der Waals surface area contributed by atoms with Gasteiger partial charge in [0.2, 0.25) is 0 Å². The quantitative estimate of drug-likeness (QED) is 0.149. The van der Waals surface area contributed by atoms with E-state index < -0.39 is 0 Å². The second-order valence-electron chi connectivity index (χ2n) is 44.6. The average molecular weight is 1980 g/mol. The monoisotopic (exact) mass is 1980 g/mol. The van der Waals surface area contributed by atoms with E-state index in [1.54, 1.807) is 134 Å². The number of hydrogen-bond acceptors (Lipinski definition) is 5. The molecule has 2 aliphatic heterocycles. The third kappa shape index (κ3) is 41.3. The number of likely N-dealkylation sites (N-methyl/N-ethyl adjacent to an activating group) is 2. The molecule has 0 spiro atoms. The lowest BCUT2D eigenvalue weighted by atomic mass is 9.94. The molecule has 8 heteroatoms. The molecule has 5 aromatic heterocycles. The van der Waals surface area contributed by atoms with Crippen molar-refractivity contribution in [1.82, 2.24) is 29.3 Å². The van der Waals surface area contributed by atoms with Gasteiger partial charge in [-0.3, -0.25) is 0 Å². The minimum absolute atomic E-state index is 1.05. The Hall–Kier alpha value is -8.89. The van der Waals surface area contributed by atoms with Gasteiger partial charge < -0.3 is 24.3 Å². The highest BCUT2D eigenvalue weighted by Crippen LogP contribution is 2.36. The van der Waals surface area contributed by atoms with Crippen LogP contribution in [0.1, 0.15) is 408 Å². The minimum atomic E-state index is 1.05. The van der Waals surface area contributed by atoms with Gasteiger partial charge in [-0.25, -0.2) is 4.98 Å². The zero-order chi connectivity index (χ0) is 106. The summed E-state index contributed by atoms with van der Waals surface area (Å²) in [6, 6.07) is 44.7. The van der Waals surface area contributed by atoms with Crippen molar-refractivity contribution in [3.63, 3.8) is 0 Å². The molecule has 0 radical (unpaired) electrons. The molecule has 7 heterocycles. The summed E-state index contributed by atoms with van der Waals surface area (Å²) in [5.41, 5.74) is 51.1. The standard InChI is InChI=1S/C12H12.2C10H11N.C10H10S.C9H10N2.C9H12S.2C8H15N.4C8H14.4C7H12/c1-9-7-11-5-3-4-6-12(11)8-10(9)2;1-8-7-9-5-3-4-6-10(9)11(8)2;2*1-7-8(2)11-10-6-4-3-5-9(7)10;1-6-3-8-9(4-7(6)2)11-5-10-8;1-6-7(2)10-9-5-3-4-8(6)9;2*1-7-4-5-9(3)6-8(7)2;4*1-7-5-3-4-6-8(7)2;4*1-6-4-3-5-7(6)2/h3-8H,1-2H3;3-7H,1-2H3;3-6,11H,1-2H3;3-6H,1-2H3;3-5H,1-2H3,(H,10,11);3-5H2,1-2H3;2*4-6H2,1-3H3;4*3-6H2,1-2H3;4*3-5H2,1-2H3. The highest BCUT2D eigenvalue weighted by molar-refractivity contribution is 7.19. The van der Waals surface area contributed by atoms with Gasteiger partial charge in [0.05, 0.1) is 17.4 Å². The molecule has 11 aromatic rings. The number of thiophene rings is 2. The SMILES string of the molecule is CC1=C(C)CCC1.CC1=C(C)CCC1.CC1=C(C)CCC1.CC1=C(C)CCC1.CC1=C(C)CCCC1.CC1=C(C)CCCC1.CC1=C(C)CCCC1.CC1=C(C)CCCC1.CC1=C(C)CN(C)CC1.CC1=C(C)CN(C)CC1.Cc1[nH]c2ccccc2c1C.Cc1cc2ccccc2cc1C.Cc1cc2ccccc2n1C.Cc1cc2nc[nH]c2cc1C.Cc1sc2c(c1C)CCC2.Cc1sc2ccccc2c1C. The number of nitrogens with one attached hydrogen (secondary N) is 2. The van der Waals surface area contributed by atoms with E-state index in [-0.39, 0.29) is 0 Å². The molecule has 0 amide bonds. The van der Waals surface area contributed by atoms with Crippen LogP contribution in [0.25, 0.3) is 53.7 Å². The molecular weight excluding hydrogens is 1780 g/mol. The predicted octanol–water partition coefficient (Wildman–Crippen LogP) is 42.2. The smallest absolute Gasteiger partial charge is 0.0931 e. The lowest BCUT2D eigenvalue weighted by Gasteiger charge is -2.24. The summed E-state index contributed by atoms with van der Waals surface area (Å²) in [4.78, 5) is 19.9. The number of para-hydroxylation sites is 2. The first-order valence-corrected chi connectivity index (χ1v) is 57.5. The predicted molar refractivity (Wildman–Crippen MR) is 649 cm³/mol. The van der Waals surface area contributed by atoms with Crippen molar-refractivity contribution in [1.29, 1.82) is 0 Å². The molecular formula is C136H200N6S2. The van der Waals surface area contributed by atoms with E-state index in [0.717, 1.165) is 11.0 Å². The van der Waals surface area contributed by atoms with Gasteiger partial charge in [0, 0.05) is 80.4 Å². The van der Waals surface area contributed by atoms with Crippen molar-refractivity contribution >= 4 is 76.4 Å². The number of aromatic amines is 2. The molecule has 11 aliphatic rings. The number of imidazole rings is 1. The Labute approximate surface area is 888 Å². The Bertz CT molecular complexity index is 5590. The Kier molecular flexibility index (Phi) is 54.0. The fraction of sp³-hybridized carbons (Fsp3) is 0.522. The lowest BCUT2D eigenvalue weighted by Crippen LogP contribution is -2.26. The van der Waals surface area contributed by atoms with Crippen molar-refractivity contribution in [2.45, 2.75) is 427 Å². The average Bonchev–Trinajstić information content (AvgIpc) is 1.73. The Morgan fingerprint density at radius 3 is 0.931 bits per heavy atom. The number of allylic oxidation sites excluding steroid dienone is 16. The van der Waals surface area contributed by atoms with Crippen molar-refractivity contribution in [3.05, 3.63) is 316 Å². The maximum absolute atomic E-state index is 4.17. The van der Waals surface area contributed by atoms with Crippen LogP contribution in [0.5, 0.6) is 0 Å². The van der Waals surface area contributed by atoms with Crippen LogP contribution in [-0.4, -0.2) is 69.6 Å². The summed E-state index contributed by atoms with van der Waals surface area (Å²) >= 11 is 3.88. The second kappa shape index (κ2) is 63.7. The Balaban J connectivity index is 0.000000209. The van der Waals surface area contributed by atoms with Crippen LogP contribution in [-0.2, 0) is 19.9 Å². The zero-order valence-electron chi connectivity index (χ0n) is 98.0. The van der Waals surface area contributed by atoms with Gasteiger partial charge in [0.1, 0.15) is 0 Å². The van der Waals surface area contributed by atoms with Crippen LogP contribution >= 0.6 is 22.7 Å². The molecule has 0 unspecified atom stereocenters. The van der Waals surface area contributed by atoms with Crippen LogP contribution in [0.2, 0.25) is 0 Å². The first kappa shape index (κ1) is 122. The summed E-state index contributed by atoms with van der Waals surface area (Å²) < 4.78 is 3.61. The first-order valence-electron chi connectivity index (χ1n) is 55.9. The van der Waals surface area contributed by atoms with Gasteiger partial charge >= 0.3 is 0 Å². The van der Waals surface area contributed by atoms with Gasteiger partial charge in [-0.15, -0.1) is 22.7 Å². The third-order valence-corrected chi connectivity index (χ3v) is 35.7. The largest absolute Gasteiger partial charge is 0.358 e. The second-order valence-corrected chi connectivity index (χ2v) is 47.2. The number of aryl methyl sites for hydroxylation is 12. The molecule has 6 aromatic carbocycles. The first-order chi connectivity index (χ1) is 68.5. The van der Waals surface area contributed by atoms with E-state index >= 15 is 0 Å². The van der Waals surface area contributed by atoms with Gasteiger partial charge in [0.25, 0.3) is 0 Å². The van der Waals surface area contributed by atoms with Crippen LogP contribution < -0.4 is 0 Å². The molecule has 2 N–H and O–H groups in total. The Morgan fingerprint density at radius 1 is 0.264 bits per heavy atom. The van der Waals surface area contributed by atoms with Crippen molar-refractivity contribution in [2.75, 3.05) is 40.3 Å². The fourth-order valence-electron chi connectivity index (χ4n) is 19.9. The molecule has 0 fully saturated rings. The van der Waals surface area contributed by atoms with Gasteiger partial charge in [-0.1, -0.05) is 202 Å². The maximum atomic E-state index is 4.17. The Morgan fingerprint density at radius 2 is 0.583 bits per heavy atom. The van der Waals surface area contributed by atoms with Crippen LogP contribution in [0, 0.1) is 76.2 Å². The van der Waals surface area contributed by atoms with Crippen molar-refractivity contribution in [2.24, 2.45) is 7.05 Å². The molecule has 0 bridgehead atoms. The lowest BCUT2D eigenvalue weighted by molar-refractivity contribution is 0.348.